The zero-order valence-electron chi connectivity index (χ0n) is 28.9. The van der Waals surface area contributed by atoms with E-state index in [1.165, 1.54) is 0 Å². The molecule has 6 nitrogen and oxygen atoms in total. The molecule has 1 aliphatic heterocycles. The van der Waals surface area contributed by atoms with Crippen molar-refractivity contribution in [2.75, 3.05) is 26.2 Å². The minimum atomic E-state index is -2.56. The SMILES string of the molecule is Cc1cc(OCc2cccc(-c3cccc(/C=C/CCN4CCC(F)(F)C4)c3C)c2C)c(Cl)cc1CNC(CO)C(=O)OCc1ccccc1. The van der Waals surface area contributed by atoms with E-state index in [1.54, 1.807) is 0 Å². The van der Waals surface area contributed by atoms with Crippen molar-refractivity contribution in [1.29, 1.82) is 0 Å². The van der Waals surface area contributed by atoms with Crippen LogP contribution in [0.5, 0.6) is 5.75 Å². The second-order valence-corrected chi connectivity index (χ2v) is 13.3. The first kappa shape index (κ1) is 37.2. The molecule has 0 radical (unpaired) electrons. The largest absolute Gasteiger partial charge is 0.487 e. The van der Waals surface area contributed by atoms with Crippen LogP contribution in [0, 0.1) is 20.8 Å². The Morgan fingerprint density at radius 3 is 2.44 bits per heavy atom. The molecule has 1 saturated heterocycles. The Hall–Kier alpha value is -4.08. The Balaban J connectivity index is 1.19. The van der Waals surface area contributed by atoms with E-state index in [9.17, 15) is 18.7 Å². The molecule has 1 fully saturated rings. The molecule has 0 bridgehead atoms. The maximum atomic E-state index is 13.5. The van der Waals surface area contributed by atoms with Crippen molar-refractivity contribution < 1.29 is 28.2 Å². The standard InChI is InChI=1S/C41H45ClF2N2O4/c1-28-21-39(37(42)22-34(28)23-45-38(24-47)40(48)50-25-31-11-5-4-6-12-31)49-26-33-15-10-17-36(30(33)3)35-16-9-14-32(29(35)2)13-7-8-19-46-20-18-41(43,44)27-46/h4-7,9-17,21-22,38,45,47H,8,18-20,23-27H2,1-3H3/b13-7+. The van der Waals surface area contributed by atoms with Crippen LogP contribution in [0.4, 0.5) is 8.78 Å². The minimum absolute atomic E-state index is 0.0541. The maximum Gasteiger partial charge on any atom is 0.325 e. The summed E-state index contributed by atoms with van der Waals surface area (Å²) in [4.78, 5) is 14.4. The number of nitrogens with zero attached hydrogens (tertiary/aromatic N) is 1. The summed E-state index contributed by atoms with van der Waals surface area (Å²) in [6, 6.07) is 24.6. The fraction of sp³-hybridized carbons (Fsp3) is 0.341. The number of rotatable bonds is 15. The number of carbonyl (C=O) groups is 1. The number of carbonyl (C=O) groups excluding carboxylic acids is 1. The van der Waals surface area contributed by atoms with E-state index in [-0.39, 0.29) is 19.6 Å². The molecule has 2 N–H and O–H groups in total. The Labute approximate surface area is 298 Å². The number of ether oxygens (including phenoxy) is 2. The van der Waals surface area contributed by atoms with Crippen molar-refractivity contribution in [1.82, 2.24) is 10.2 Å². The van der Waals surface area contributed by atoms with Gasteiger partial charge in [-0.3, -0.25) is 15.0 Å². The summed E-state index contributed by atoms with van der Waals surface area (Å²) in [6.45, 7) is 7.44. The van der Waals surface area contributed by atoms with Crippen molar-refractivity contribution >= 4 is 23.6 Å². The molecule has 1 aliphatic rings. The summed E-state index contributed by atoms with van der Waals surface area (Å²) in [7, 11) is 0. The van der Waals surface area contributed by atoms with Crippen LogP contribution in [-0.4, -0.2) is 54.2 Å². The average Bonchev–Trinajstić information content (AvgIpc) is 3.46. The maximum absolute atomic E-state index is 13.5. The van der Waals surface area contributed by atoms with Gasteiger partial charge in [-0.1, -0.05) is 90.5 Å². The Morgan fingerprint density at radius 1 is 0.980 bits per heavy atom. The molecule has 0 aliphatic carbocycles. The van der Waals surface area contributed by atoms with Gasteiger partial charge < -0.3 is 14.6 Å². The summed E-state index contributed by atoms with van der Waals surface area (Å²) >= 11 is 6.67. The van der Waals surface area contributed by atoms with Crippen LogP contribution < -0.4 is 10.1 Å². The van der Waals surface area contributed by atoms with Crippen molar-refractivity contribution in [3.8, 4) is 16.9 Å². The fourth-order valence-corrected chi connectivity index (χ4v) is 6.40. The molecule has 0 amide bonds. The van der Waals surface area contributed by atoms with Crippen LogP contribution in [-0.2, 0) is 29.3 Å². The summed E-state index contributed by atoms with van der Waals surface area (Å²) < 4.78 is 38.6. The zero-order valence-corrected chi connectivity index (χ0v) is 29.6. The first-order valence-corrected chi connectivity index (χ1v) is 17.3. The minimum Gasteiger partial charge on any atom is -0.487 e. The highest BCUT2D eigenvalue weighted by Gasteiger charge is 2.37. The van der Waals surface area contributed by atoms with Gasteiger partial charge in [0.1, 0.15) is 25.0 Å². The first-order chi connectivity index (χ1) is 24.0. The number of aliphatic hydroxyl groups excluding tert-OH is 1. The fourth-order valence-electron chi connectivity index (χ4n) is 6.16. The second-order valence-electron chi connectivity index (χ2n) is 12.9. The summed E-state index contributed by atoms with van der Waals surface area (Å²) in [5.41, 5.74) is 9.29. The number of benzene rings is 4. The number of hydrogen-bond acceptors (Lipinski definition) is 6. The summed E-state index contributed by atoms with van der Waals surface area (Å²) in [5.74, 6) is -2.53. The van der Waals surface area contributed by atoms with E-state index in [0.29, 0.717) is 37.0 Å². The van der Waals surface area contributed by atoms with Crippen LogP contribution in [0.15, 0.2) is 84.9 Å². The van der Waals surface area contributed by atoms with Gasteiger partial charge in [0, 0.05) is 26.1 Å². The molecule has 1 heterocycles. The predicted octanol–water partition coefficient (Wildman–Crippen LogP) is 8.45. The van der Waals surface area contributed by atoms with Crippen molar-refractivity contribution in [2.45, 2.75) is 65.3 Å². The highest BCUT2D eigenvalue weighted by atomic mass is 35.5. The van der Waals surface area contributed by atoms with Crippen molar-refractivity contribution in [3.63, 3.8) is 0 Å². The molecular weight excluding hydrogens is 658 g/mol. The smallest absolute Gasteiger partial charge is 0.325 e. The van der Waals surface area contributed by atoms with Gasteiger partial charge in [0.15, 0.2) is 0 Å². The van der Waals surface area contributed by atoms with Gasteiger partial charge in [-0.25, -0.2) is 8.78 Å². The van der Waals surface area contributed by atoms with Gasteiger partial charge in [0.05, 0.1) is 18.2 Å². The van der Waals surface area contributed by atoms with E-state index >= 15 is 0 Å². The Morgan fingerprint density at radius 2 is 1.72 bits per heavy atom. The Bertz CT molecular complexity index is 1800. The molecule has 1 atom stereocenters. The van der Waals surface area contributed by atoms with E-state index in [0.717, 1.165) is 56.5 Å². The third-order valence-electron chi connectivity index (χ3n) is 9.27. The molecule has 9 heteroatoms. The summed E-state index contributed by atoms with van der Waals surface area (Å²) in [6.07, 6.45) is 4.82. The number of likely N-dealkylation sites (tertiary alicyclic amines) is 1. The molecule has 264 valence electrons. The first-order valence-electron chi connectivity index (χ1n) is 17.0. The molecule has 4 aromatic rings. The number of esters is 1. The van der Waals surface area contributed by atoms with E-state index in [4.69, 9.17) is 21.1 Å². The lowest BCUT2D eigenvalue weighted by atomic mass is 9.91. The highest BCUT2D eigenvalue weighted by molar-refractivity contribution is 6.32. The molecule has 50 heavy (non-hydrogen) atoms. The number of hydrogen-bond donors (Lipinski definition) is 2. The second kappa shape index (κ2) is 17.2. The molecule has 0 aromatic heterocycles. The van der Waals surface area contributed by atoms with Crippen LogP contribution in [0.3, 0.4) is 0 Å². The number of halogens is 3. The third-order valence-corrected chi connectivity index (χ3v) is 9.57. The molecular formula is C41H45ClF2N2O4. The van der Waals surface area contributed by atoms with Crippen molar-refractivity contribution in [3.05, 3.63) is 129 Å². The van der Waals surface area contributed by atoms with E-state index in [2.05, 4.69) is 49.5 Å². The van der Waals surface area contributed by atoms with Crippen LogP contribution in [0.2, 0.25) is 5.02 Å². The van der Waals surface area contributed by atoms with Gasteiger partial charge in [-0.2, -0.15) is 0 Å². The van der Waals surface area contributed by atoms with E-state index < -0.39 is 24.5 Å². The number of aliphatic hydroxyl groups is 1. The highest BCUT2D eigenvalue weighted by Crippen LogP contribution is 2.33. The third kappa shape index (κ3) is 9.79. The lowest BCUT2D eigenvalue weighted by Gasteiger charge is -2.18. The van der Waals surface area contributed by atoms with Gasteiger partial charge in [0.2, 0.25) is 0 Å². The molecule has 5 rings (SSSR count). The normalized spacial score (nSPS) is 15.0. The lowest BCUT2D eigenvalue weighted by molar-refractivity contribution is -0.148. The van der Waals surface area contributed by atoms with Crippen LogP contribution in [0.1, 0.15) is 51.8 Å². The molecule has 0 spiro atoms. The van der Waals surface area contributed by atoms with Crippen molar-refractivity contribution in [2.24, 2.45) is 0 Å². The lowest BCUT2D eigenvalue weighted by Crippen LogP contribution is -2.40. The quantitative estimate of drug-likeness (QED) is 0.121. The number of alkyl halides is 2. The molecule has 4 aromatic carbocycles. The topological polar surface area (TPSA) is 71.0 Å². The van der Waals surface area contributed by atoms with Gasteiger partial charge in [-0.05, 0) is 89.4 Å². The average molecular weight is 703 g/mol. The van der Waals surface area contributed by atoms with Gasteiger partial charge in [-0.15, -0.1) is 0 Å². The monoisotopic (exact) mass is 702 g/mol. The number of nitrogens with one attached hydrogen (secondary N) is 1. The summed E-state index contributed by atoms with van der Waals surface area (Å²) in [5, 5.41) is 13.3. The zero-order chi connectivity index (χ0) is 35.7. The molecule has 1 unspecified atom stereocenters. The molecule has 0 saturated carbocycles. The Kier molecular flexibility index (Phi) is 12.8. The van der Waals surface area contributed by atoms with Gasteiger partial charge >= 0.3 is 5.97 Å². The van der Waals surface area contributed by atoms with Crippen LogP contribution >= 0.6 is 11.6 Å². The van der Waals surface area contributed by atoms with E-state index in [1.807, 2.05) is 72.5 Å². The predicted molar refractivity (Wildman–Crippen MR) is 195 cm³/mol. The van der Waals surface area contributed by atoms with Gasteiger partial charge in [0.25, 0.3) is 5.92 Å². The van der Waals surface area contributed by atoms with Crippen LogP contribution in [0.25, 0.3) is 17.2 Å². The number of aryl methyl sites for hydroxylation is 1.